The van der Waals surface area contributed by atoms with Gasteiger partial charge in [-0.05, 0) is 49.2 Å². The molecule has 0 radical (unpaired) electrons. The first kappa shape index (κ1) is 18.7. The van der Waals surface area contributed by atoms with Crippen molar-refractivity contribution in [2.45, 2.75) is 37.6 Å². The molecule has 1 fully saturated rings. The molecule has 0 N–H and O–H groups in total. The standard InChI is InChI=1S/C23H25N3O2/c1-28-23-21(25-14-8-3-9-15-25)19-13-7-6-12-18(19)20(16-24)26(23)22(27)17-10-4-2-5-11-17/h2,4-7,10-13,20-21,23H,3,8-9,14-15H2,1H3/t20-,21-,23+/m1/s1. The first-order valence-electron chi connectivity index (χ1n) is 9.89. The highest BCUT2D eigenvalue weighted by Crippen LogP contribution is 2.43. The normalized spacial score (nSPS) is 25.0. The van der Waals surface area contributed by atoms with E-state index in [-0.39, 0.29) is 11.9 Å². The summed E-state index contributed by atoms with van der Waals surface area (Å²) in [4.78, 5) is 17.5. The molecule has 3 atom stereocenters. The Bertz CT molecular complexity index is 871. The van der Waals surface area contributed by atoms with Gasteiger partial charge in [0.25, 0.3) is 5.91 Å². The van der Waals surface area contributed by atoms with Crippen LogP contribution in [0.1, 0.15) is 52.8 Å². The van der Waals surface area contributed by atoms with Gasteiger partial charge in [0.2, 0.25) is 0 Å². The number of hydrogen-bond acceptors (Lipinski definition) is 4. The van der Waals surface area contributed by atoms with Gasteiger partial charge in [-0.15, -0.1) is 0 Å². The van der Waals surface area contributed by atoms with Crippen molar-refractivity contribution in [2.75, 3.05) is 20.2 Å². The number of nitrogens with zero attached hydrogens (tertiary/aromatic N) is 3. The number of rotatable bonds is 3. The summed E-state index contributed by atoms with van der Waals surface area (Å²) in [7, 11) is 1.63. The number of fused-ring (bicyclic) bond motifs is 1. The van der Waals surface area contributed by atoms with Crippen LogP contribution in [0.3, 0.4) is 0 Å². The number of nitriles is 1. The van der Waals surface area contributed by atoms with Gasteiger partial charge in [0.05, 0.1) is 12.1 Å². The summed E-state index contributed by atoms with van der Waals surface area (Å²) in [5, 5.41) is 10.0. The van der Waals surface area contributed by atoms with Crippen LogP contribution in [0.5, 0.6) is 0 Å². The Kier molecular flexibility index (Phi) is 5.43. The van der Waals surface area contributed by atoms with E-state index in [0.29, 0.717) is 5.56 Å². The monoisotopic (exact) mass is 375 g/mol. The van der Waals surface area contributed by atoms with Gasteiger partial charge >= 0.3 is 0 Å². The lowest BCUT2D eigenvalue weighted by Crippen LogP contribution is -2.55. The lowest BCUT2D eigenvalue weighted by molar-refractivity contribution is -0.0939. The molecule has 0 aliphatic carbocycles. The minimum absolute atomic E-state index is 0.0706. The molecule has 1 amide bonds. The Morgan fingerprint density at radius 2 is 1.64 bits per heavy atom. The number of ether oxygens (including phenoxy) is 1. The van der Waals surface area contributed by atoms with Crippen LogP contribution in [-0.2, 0) is 4.74 Å². The maximum absolute atomic E-state index is 13.5. The van der Waals surface area contributed by atoms with Crippen LogP contribution < -0.4 is 0 Å². The van der Waals surface area contributed by atoms with E-state index in [9.17, 15) is 10.1 Å². The van der Waals surface area contributed by atoms with Crippen LogP contribution >= 0.6 is 0 Å². The third kappa shape index (κ3) is 3.19. The lowest BCUT2D eigenvalue weighted by atomic mass is 9.86. The fraction of sp³-hybridized carbons (Fsp3) is 0.391. The summed E-state index contributed by atoms with van der Waals surface area (Å²) in [6, 6.07) is 18.8. The number of methoxy groups -OCH3 is 1. The smallest absolute Gasteiger partial charge is 0.257 e. The molecule has 0 aromatic heterocycles. The Morgan fingerprint density at radius 1 is 1.00 bits per heavy atom. The summed E-state index contributed by atoms with van der Waals surface area (Å²) >= 11 is 0. The fourth-order valence-corrected chi connectivity index (χ4v) is 4.54. The van der Waals surface area contributed by atoms with E-state index in [1.54, 1.807) is 24.1 Å². The maximum Gasteiger partial charge on any atom is 0.257 e. The van der Waals surface area contributed by atoms with Gasteiger partial charge in [-0.2, -0.15) is 5.26 Å². The molecule has 2 aliphatic rings. The quantitative estimate of drug-likeness (QED) is 0.816. The van der Waals surface area contributed by atoms with Crippen molar-refractivity contribution in [3.63, 3.8) is 0 Å². The zero-order valence-electron chi connectivity index (χ0n) is 16.1. The minimum Gasteiger partial charge on any atom is -0.359 e. The Balaban J connectivity index is 1.83. The van der Waals surface area contributed by atoms with Crippen molar-refractivity contribution in [3.05, 3.63) is 71.3 Å². The lowest BCUT2D eigenvalue weighted by Gasteiger charge is -2.48. The molecule has 28 heavy (non-hydrogen) atoms. The second-order valence-corrected chi connectivity index (χ2v) is 7.41. The summed E-state index contributed by atoms with van der Waals surface area (Å²) in [6.45, 7) is 1.95. The first-order chi connectivity index (χ1) is 13.8. The van der Waals surface area contributed by atoms with E-state index in [0.717, 1.165) is 37.1 Å². The van der Waals surface area contributed by atoms with E-state index >= 15 is 0 Å². The molecule has 5 nitrogen and oxygen atoms in total. The Labute approximate surface area is 166 Å². The van der Waals surface area contributed by atoms with Crippen LogP contribution in [0.4, 0.5) is 0 Å². The molecule has 0 unspecified atom stereocenters. The topological polar surface area (TPSA) is 56.6 Å². The summed E-state index contributed by atoms with van der Waals surface area (Å²) in [5.41, 5.74) is 2.57. The maximum atomic E-state index is 13.5. The molecular weight excluding hydrogens is 350 g/mol. The van der Waals surface area contributed by atoms with Gasteiger partial charge in [-0.3, -0.25) is 14.6 Å². The van der Waals surface area contributed by atoms with Crippen molar-refractivity contribution < 1.29 is 9.53 Å². The highest BCUT2D eigenvalue weighted by molar-refractivity contribution is 5.95. The van der Waals surface area contributed by atoms with Crippen molar-refractivity contribution in [2.24, 2.45) is 0 Å². The highest BCUT2D eigenvalue weighted by Gasteiger charge is 2.46. The number of likely N-dealkylation sites (tertiary alicyclic amines) is 1. The van der Waals surface area contributed by atoms with E-state index in [1.807, 2.05) is 36.4 Å². The summed E-state index contributed by atoms with van der Waals surface area (Å²) < 4.78 is 5.91. The van der Waals surface area contributed by atoms with Crippen LogP contribution in [0.25, 0.3) is 0 Å². The third-order valence-corrected chi connectivity index (χ3v) is 5.83. The average Bonchev–Trinajstić information content (AvgIpc) is 2.78. The van der Waals surface area contributed by atoms with E-state index in [2.05, 4.69) is 17.0 Å². The highest BCUT2D eigenvalue weighted by atomic mass is 16.5. The molecule has 4 rings (SSSR count). The summed E-state index contributed by atoms with van der Waals surface area (Å²) in [6.07, 6.45) is 3.01. The molecular formula is C23H25N3O2. The van der Waals surface area contributed by atoms with E-state index < -0.39 is 12.3 Å². The van der Waals surface area contributed by atoms with Crippen molar-refractivity contribution in [1.82, 2.24) is 9.80 Å². The number of amides is 1. The molecule has 0 saturated carbocycles. The fourth-order valence-electron chi connectivity index (χ4n) is 4.54. The summed E-state index contributed by atoms with van der Waals surface area (Å²) in [5.74, 6) is -0.171. The Morgan fingerprint density at radius 3 is 2.29 bits per heavy atom. The molecule has 0 spiro atoms. The SMILES string of the molecule is CO[C@H]1[C@H](N2CCCCC2)c2ccccc2[C@@H](C#N)N1C(=O)c1ccccc1. The second-order valence-electron chi connectivity index (χ2n) is 7.41. The molecule has 144 valence electrons. The molecule has 2 heterocycles. The van der Waals surface area contributed by atoms with Crippen molar-refractivity contribution in [3.8, 4) is 6.07 Å². The van der Waals surface area contributed by atoms with E-state index in [1.165, 1.54) is 6.42 Å². The first-order valence-corrected chi connectivity index (χ1v) is 9.89. The number of benzene rings is 2. The van der Waals surface area contributed by atoms with Crippen LogP contribution in [0.2, 0.25) is 0 Å². The zero-order valence-corrected chi connectivity index (χ0v) is 16.1. The number of piperidine rings is 1. The van der Waals surface area contributed by atoms with Gasteiger partial charge in [0, 0.05) is 12.7 Å². The van der Waals surface area contributed by atoms with Crippen LogP contribution in [0.15, 0.2) is 54.6 Å². The average molecular weight is 375 g/mol. The van der Waals surface area contributed by atoms with Gasteiger partial charge < -0.3 is 4.74 Å². The molecule has 5 heteroatoms. The predicted molar refractivity (Wildman–Crippen MR) is 106 cm³/mol. The van der Waals surface area contributed by atoms with Gasteiger partial charge in [-0.1, -0.05) is 48.9 Å². The number of carbonyl (C=O) groups is 1. The molecule has 2 aliphatic heterocycles. The van der Waals surface area contributed by atoms with E-state index in [4.69, 9.17) is 4.74 Å². The molecule has 1 saturated heterocycles. The van der Waals surface area contributed by atoms with Crippen molar-refractivity contribution >= 4 is 5.91 Å². The molecule has 2 aromatic carbocycles. The van der Waals surface area contributed by atoms with Crippen molar-refractivity contribution in [1.29, 1.82) is 5.26 Å². The second kappa shape index (κ2) is 8.14. The molecule has 2 aromatic rings. The number of hydrogen-bond donors (Lipinski definition) is 0. The van der Waals surface area contributed by atoms with Gasteiger partial charge in [0.15, 0.2) is 6.23 Å². The molecule has 0 bridgehead atoms. The zero-order chi connectivity index (χ0) is 19.5. The largest absolute Gasteiger partial charge is 0.359 e. The predicted octanol–water partition coefficient (Wildman–Crippen LogP) is 3.91. The van der Waals surface area contributed by atoms with Crippen LogP contribution in [-0.4, -0.2) is 42.1 Å². The van der Waals surface area contributed by atoms with Gasteiger partial charge in [-0.25, -0.2) is 0 Å². The number of carbonyl (C=O) groups excluding carboxylic acids is 1. The Hall–Kier alpha value is -2.68. The third-order valence-electron chi connectivity index (χ3n) is 5.83. The van der Waals surface area contributed by atoms with Gasteiger partial charge in [0.1, 0.15) is 6.04 Å². The minimum atomic E-state index is -0.671. The van der Waals surface area contributed by atoms with Crippen LogP contribution in [0, 0.1) is 11.3 Å².